The van der Waals surface area contributed by atoms with E-state index in [9.17, 15) is 0 Å². The van der Waals surface area contributed by atoms with Crippen LogP contribution in [0.15, 0.2) is 42.6 Å². The second-order valence-corrected chi connectivity index (χ2v) is 3.85. The Balaban J connectivity index is 2.13. The zero-order valence-electron chi connectivity index (χ0n) is 9.22. The van der Waals surface area contributed by atoms with Crippen LogP contribution in [0.1, 0.15) is 5.82 Å². The second kappa shape index (κ2) is 3.99. The van der Waals surface area contributed by atoms with E-state index in [0.29, 0.717) is 12.2 Å². The highest BCUT2D eigenvalue weighted by atomic mass is 15.0. The van der Waals surface area contributed by atoms with Gasteiger partial charge in [-0.25, -0.2) is 9.97 Å². The van der Waals surface area contributed by atoms with Gasteiger partial charge in [-0.3, -0.25) is 0 Å². The third-order valence-corrected chi connectivity index (χ3v) is 2.69. The number of benzene rings is 1. The van der Waals surface area contributed by atoms with Crippen LogP contribution in [0, 0.1) is 0 Å². The molecular weight excluding hydrogens is 212 g/mol. The molecule has 3 rings (SSSR count). The molecule has 1 aromatic carbocycles. The molecule has 3 aromatic rings. The molecule has 0 unspecified atom stereocenters. The number of rotatable bonds is 2. The second-order valence-electron chi connectivity index (χ2n) is 3.85. The Bertz CT molecular complexity index is 643. The fraction of sp³-hybridized carbons (Fsp3) is 0.0769. The fourth-order valence-electron chi connectivity index (χ4n) is 1.84. The lowest BCUT2D eigenvalue weighted by atomic mass is 10.1. The van der Waals surface area contributed by atoms with Gasteiger partial charge in [-0.1, -0.05) is 30.3 Å². The molecule has 3 N–H and O–H groups in total. The Morgan fingerprint density at radius 2 is 1.94 bits per heavy atom. The van der Waals surface area contributed by atoms with Gasteiger partial charge in [0.05, 0.1) is 12.1 Å². The molecule has 0 aliphatic heterocycles. The number of hydrogen-bond donors (Lipinski definition) is 2. The van der Waals surface area contributed by atoms with Crippen LogP contribution in [-0.4, -0.2) is 15.0 Å². The molecule has 4 nitrogen and oxygen atoms in total. The average molecular weight is 224 g/mol. The predicted molar refractivity (Wildman–Crippen MR) is 67.2 cm³/mol. The van der Waals surface area contributed by atoms with E-state index in [2.05, 4.69) is 27.1 Å². The zero-order chi connectivity index (χ0) is 11.7. The van der Waals surface area contributed by atoms with Gasteiger partial charge in [0.2, 0.25) is 0 Å². The molecule has 0 saturated carbocycles. The molecule has 0 saturated heterocycles. The summed E-state index contributed by atoms with van der Waals surface area (Å²) < 4.78 is 0. The van der Waals surface area contributed by atoms with E-state index in [-0.39, 0.29) is 0 Å². The number of imidazole rings is 1. The van der Waals surface area contributed by atoms with E-state index in [1.807, 2.05) is 30.5 Å². The van der Waals surface area contributed by atoms with Crippen molar-refractivity contribution in [3.05, 3.63) is 48.4 Å². The first-order chi connectivity index (χ1) is 8.36. The van der Waals surface area contributed by atoms with E-state index in [4.69, 9.17) is 5.73 Å². The van der Waals surface area contributed by atoms with Crippen LogP contribution in [0.5, 0.6) is 0 Å². The molecule has 0 amide bonds. The van der Waals surface area contributed by atoms with Gasteiger partial charge < -0.3 is 10.7 Å². The fourth-order valence-corrected chi connectivity index (χ4v) is 1.84. The lowest BCUT2D eigenvalue weighted by Crippen LogP contribution is -1.97. The van der Waals surface area contributed by atoms with E-state index in [0.717, 1.165) is 22.5 Å². The smallest absolute Gasteiger partial charge is 0.177 e. The summed E-state index contributed by atoms with van der Waals surface area (Å²) in [6.07, 6.45) is 1.83. The Hall–Kier alpha value is -2.20. The van der Waals surface area contributed by atoms with E-state index in [1.165, 1.54) is 0 Å². The van der Waals surface area contributed by atoms with Crippen LogP contribution in [-0.2, 0) is 6.54 Å². The molecular formula is C13H12N4. The average Bonchev–Trinajstić information content (AvgIpc) is 2.81. The Labute approximate surface area is 98.5 Å². The van der Waals surface area contributed by atoms with Crippen molar-refractivity contribution in [2.75, 3.05) is 0 Å². The first-order valence-electron chi connectivity index (χ1n) is 5.47. The van der Waals surface area contributed by atoms with Crippen LogP contribution in [0.3, 0.4) is 0 Å². The molecule has 17 heavy (non-hydrogen) atoms. The molecule has 84 valence electrons. The van der Waals surface area contributed by atoms with Crippen LogP contribution in [0.2, 0.25) is 0 Å². The van der Waals surface area contributed by atoms with Gasteiger partial charge >= 0.3 is 0 Å². The molecule has 0 atom stereocenters. The monoisotopic (exact) mass is 224 g/mol. The number of pyridine rings is 1. The summed E-state index contributed by atoms with van der Waals surface area (Å²) in [6, 6.07) is 12.2. The third kappa shape index (κ3) is 1.79. The summed E-state index contributed by atoms with van der Waals surface area (Å²) in [6.45, 7) is 0.400. The van der Waals surface area contributed by atoms with Crippen molar-refractivity contribution in [3.63, 3.8) is 0 Å². The number of hydrogen-bond acceptors (Lipinski definition) is 3. The number of nitrogens with two attached hydrogens (primary N) is 1. The van der Waals surface area contributed by atoms with Crippen LogP contribution < -0.4 is 5.73 Å². The largest absolute Gasteiger partial charge is 0.340 e. The van der Waals surface area contributed by atoms with Gasteiger partial charge in [0.15, 0.2) is 5.65 Å². The van der Waals surface area contributed by atoms with Gasteiger partial charge in [0.25, 0.3) is 0 Å². The Morgan fingerprint density at radius 3 is 2.71 bits per heavy atom. The quantitative estimate of drug-likeness (QED) is 0.700. The van der Waals surface area contributed by atoms with Gasteiger partial charge in [0.1, 0.15) is 5.82 Å². The highest BCUT2D eigenvalue weighted by molar-refractivity contribution is 5.77. The number of nitrogens with zero attached hydrogens (tertiary/aromatic N) is 2. The normalized spacial score (nSPS) is 10.9. The maximum Gasteiger partial charge on any atom is 0.177 e. The first kappa shape index (κ1) is 9.99. The number of aromatic nitrogens is 3. The van der Waals surface area contributed by atoms with Gasteiger partial charge in [-0.15, -0.1) is 0 Å². The minimum Gasteiger partial charge on any atom is -0.340 e. The number of aromatic amines is 1. The van der Waals surface area contributed by atoms with Gasteiger partial charge in [0, 0.05) is 11.8 Å². The zero-order valence-corrected chi connectivity index (χ0v) is 9.22. The predicted octanol–water partition coefficient (Wildman–Crippen LogP) is 2.08. The van der Waals surface area contributed by atoms with Crippen molar-refractivity contribution >= 4 is 11.2 Å². The van der Waals surface area contributed by atoms with Crippen molar-refractivity contribution in [3.8, 4) is 11.1 Å². The molecule has 0 radical (unpaired) electrons. The van der Waals surface area contributed by atoms with E-state index in [1.54, 1.807) is 0 Å². The number of nitrogens with one attached hydrogen (secondary N) is 1. The van der Waals surface area contributed by atoms with Crippen LogP contribution >= 0.6 is 0 Å². The molecule has 2 aromatic heterocycles. The van der Waals surface area contributed by atoms with E-state index >= 15 is 0 Å². The maximum absolute atomic E-state index is 5.54. The minimum atomic E-state index is 0.400. The summed E-state index contributed by atoms with van der Waals surface area (Å²) in [7, 11) is 0. The summed E-state index contributed by atoms with van der Waals surface area (Å²) >= 11 is 0. The number of fused-ring (bicyclic) bond motifs is 1. The molecule has 0 aliphatic carbocycles. The minimum absolute atomic E-state index is 0.400. The van der Waals surface area contributed by atoms with Crippen LogP contribution in [0.25, 0.3) is 22.3 Å². The standard InChI is InChI=1S/C13H12N4/c14-7-12-16-11-6-10(8-15-13(11)17-12)9-4-2-1-3-5-9/h1-6,8H,7,14H2,(H,15,16,17). The van der Waals surface area contributed by atoms with E-state index < -0.39 is 0 Å². The van der Waals surface area contributed by atoms with Gasteiger partial charge in [-0.2, -0.15) is 0 Å². The van der Waals surface area contributed by atoms with Crippen molar-refractivity contribution in [2.24, 2.45) is 5.73 Å². The molecule has 0 fully saturated rings. The number of H-pyrrole nitrogens is 1. The highest BCUT2D eigenvalue weighted by Crippen LogP contribution is 2.21. The summed E-state index contributed by atoms with van der Waals surface area (Å²) in [5, 5.41) is 0. The topological polar surface area (TPSA) is 67.6 Å². The molecule has 0 bridgehead atoms. The third-order valence-electron chi connectivity index (χ3n) is 2.69. The summed E-state index contributed by atoms with van der Waals surface area (Å²) in [4.78, 5) is 11.8. The van der Waals surface area contributed by atoms with Crippen molar-refractivity contribution in [1.82, 2.24) is 15.0 Å². The van der Waals surface area contributed by atoms with Crippen LogP contribution in [0.4, 0.5) is 0 Å². The van der Waals surface area contributed by atoms with Crippen molar-refractivity contribution in [2.45, 2.75) is 6.54 Å². The first-order valence-corrected chi connectivity index (χ1v) is 5.47. The SMILES string of the molecule is NCc1nc2ncc(-c3ccccc3)cc2[nH]1. The van der Waals surface area contributed by atoms with Crippen molar-refractivity contribution < 1.29 is 0 Å². The Kier molecular flexibility index (Phi) is 2.34. The summed E-state index contributed by atoms with van der Waals surface area (Å²) in [5.41, 5.74) is 9.40. The summed E-state index contributed by atoms with van der Waals surface area (Å²) in [5.74, 6) is 0.762. The van der Waals surface area contributed by atoms with Gasteiger partial charge in [-0.05, 0) is 11.6 Å². The Morgan fingerprint density at radius 1 is 1.12 bits per heavy atom. The molecule has 0 spiro atoms. The molecule has 0 aliphatic rings. The lowest BCUT2D eigenvalue weighted by molar-refractivity contribution is 0.956. The van der Waals surface area contributed by atoms with Crippen molar-refractivity contribution in [1.29, 1.82) is 0 Å². The molecule has 4 heteroatoms. The maximum atomic E-state index is 5.54. The highest BCUT2D eigenvalue weighted by Gasteiger charge is 2.04. The lowest BCUT2D eigenvalue weighted by Gasteiger charge is -1.99. The molecule has 2 heterocycles.